The zero-order valence-electron chi connectivity index (χ0n) is 20.7. The van der Waals surface area contributed by atoms with Gasteiger partial charge in [0.15, 0.2) is 11.6 Å². The summed E-state index contributed by atoms with van der Waals surface area (Å²) in [5, 5.41) is 7.64. The van der Waals surface area contributed by atoms with Crippen molar-refractivity contribution in [3.63, 3.8) is 0 Å². The minimum Gasteiger partial charge on any atom is -0.494 e. The Kier molecular flexibility index (Phi) is 7.57. The van der Waals surface area contributed by atoms with Crippen LogP contribution in [-0.2, 0) is 24.4 Å². The first-order chi connectivity index (χ1) is 18.4. The lowest BCUT2D eigenvalue weighted by molar-refractivity contribution is 0.00620. The number of carbonyl (C=O) groups is 1. The Morgan fingerprint density at radius 2 is 1.87 bits per heavy atom. The van der Waals surface area contributed by atoms with Crippen molar-refractivity contribution in [2.75, 3.05) is 20.3 Å². The maximum absolute atomic E-state index is 14.7. The van der Waals surface area contributed by atoms with Gasteiger partial charge in [-0.15, -0.1) is 0 Å². The van der Waals surface area contributed by atoms with E-state index in [1.54, 1.807) is 27.7 Å². The van der Waals surface area contributed by atoms with Crippen LogP contribution >= 0.6 is 11.6 Å². The summed E-state index contributed by atoms with van der Waals surface area (Å²) in [7, 11) is 1.37. The highest BCUT2D eigenvalue weighted by molar-refractivity contribution is 6.31. The number of hydrogen-bond donors (Lipinski definition) is 1. The summed E-state index contributed by atoms with van der Waals surface area (Å²) in [4.78, 5) is 25.1. The standard InChI is InChI=1S/C28H26ClFN4O4/c1-37-24-10-9-23(29)21(26(24)30)12-31-28(36)22-15-34(32-27(22)20-16-38-17-20)14-19-7-5-18(6-8-19)13-33-11-3-2-4-25(33)35/h2-11,15,20H,12-14,16-17H2,1H3,(H,31,36). The van der Waals surface area contributed by atoms with Crippen LogP contribution in [0.3, 0.4) is 0 Å². The Morgan fingerprint density at radius 1 is 1.13 bits per heavy atom. The van der Waals surface area contributed by atoms with E-state index in [0.29, 0.717) is 37.6 Å². The zero-order chi connectivity index (χ0) is 26.6. The van der Waals surface area contributed by atoms with Crippen LogP contribution < -0.4 is 15.6 Å². The molecule has 10 heteroatoms. The second-order valence-electron chi connectivity index (χ2n) is 9.07. The molecule has 1 N–H and O–H groups in total. The molecule has 1 saturated heterocycles. The molecule has 1 aliphatic rings. The summed E-state index contributed by atoms with van der Waals surface area (Å²) in [5.74, 6) is -0.911. The monoisotopic (exact) mass is 536 g/mol. The highest BCUT2D eigenvalue weighted by Gasteiger charge is 2.29. The molecule has 2 aromatic heterocycles. The smallest absolute Gasteiger partial charge is 0.255 e. The number of methoxy groups -OCH3 is 1. The van der Waals surface area contributed by atoms with Crippen LogP contribution in [0.15, 0.2) is 71.8 Å². The van der Waals surface area contributed by atoms with Crippen LogP contribution in [-0.4, -0.2) is 40.6 Å². The van der Waals surface area contributed by atoms with Crippen molar-refractivity contribution in [3.8, 4) is 5.75 Å². The van der Waals surface area contributed by atoms with Gasteiger partial charge in [-0.25, -0.2) is 4.39 Å². The molecule has 5 rings (SSSR count). The molecule has 8 nitrogen and oxygen atoms in total. The van der Waals surface area contributed by atoms with Gasteiger partial charge in [0.05, 0.1) is 50.6 Å². The number of benzene rings is 2. The molecule has 3 heterocycles. The molecule has 0 atom stereocenters. The molecular weight excluding hydrogens is 511 g/mol. The van der Waals surface area contributed by atoms with E-state index in [1.165, 1.54) is 25.3 Å². The molecular formula is C28H26ClFN4O4. The molecule has 1 fully saturated rings. The van der Waals surface area contributed by atoms with Gasteiger partial charge in [-0.1, -0.05) is 41.9 Å². The van der Waals surface area contributed by atoms with Crippen LogP contribution in [0.25, 0.3) is 0 Å². The normalized spacial score (nSPS) is 13.2. The molecule has 4 aromatic rings. The fraction of sp³-hybridized carbons (Fsp3) is 0.250. The number of nitrogens with one attached hydrogen (secondary N) is 1. The lowest BCUT2D eigenvalue weighted by atomic mass is 10.00. The van der Waals surface area contributed by atoms with Crippen molar-refractivity contribution >= 4 is 17.5 Å². The maximum Gasteiger partial charge on any atom is 0.255 e. The lowest BCUT2D eigenvalue weighted by Gasteiger charge is -2.25. The third-order valence-electron chi connectivity index (χ3n) is 6.48. The van der Waals surface area contributed by atoms with E-state index in [1.807, 2.05) is 30.3 Å². The molecule has 0 aliphatic carbocycles. The van der Waals surface area contributed by atoms with E-state index >= 15 is 0 Å². The Hall–Kier alpha value is -3.95. The summed E-state index contributed by atoms with van der Waals surface area (Å²) in [6.45, 7) is 1.81. The summed E-state index contributed by atoms with van der Waals surface area (Å²) >= 11 is 6.16. The summed E-state index contributed by atoms with van der Waals surface area (Å²) in [5.41, 5.74) is 3.15. The fourth-order valence-electron chi connectivity index (χ4n) is 4.27. The second-order valence-corrected chi connectivity index (χ2v) is 9.48. The average Bonchev–Trinajstić information content (AvgIpc) is 3.28. The number of carbonyl (C=O) groups excluding carboxylic acids is 1. The van der Waals surface area contributed by atoms with E-state index in [9.17, 15) is 14.0 Å². The number of hydrogen-bond acceptors (Lipinski definition) is 5. The summed E-state index contributed by atoms with van der Waals surface area (Å²) in [6.07, 6.45) is 3.46. The molecule has 0 bridgehead atoms. The van der Waals surface area contributed by atoms with Crippen molar-refractivity contribution in [3.05, 3.63) is 116 Å². The third kappa shape index (κ3) is 5.49. The van der Waals surface area contributed by atoms with Gasteiger partial charge in [-0.2, -0.15) is 5.10 Å². The first-order valence-electron chi connectivity index (χ1n) is 12.1. The number of nitrogens with zero attached hydrogens (tertiary/aromatic N) is 3. The maximum atomic E-state index is 14.7. The molecule has 0 spiro atoms. The topological polar surface area (TPSA) is 87.4 Å². The van der Waals surface area contributed by atoms with E-state index in [0.717, 1.165) is 11.1 Å². The number of amides is 1. The largest absolute Gasteiger partial charge is 0.494 e. The van der Waals surface area contributed by atoms with Gasteiger partial charge in [0.1, 0.15) is 0 Å². The van der Waals surface area contributed by atoms with Crippen molar-refractivity contribution in [1.29, 1.82) is 0 Å². The third-order valence-corrected chi connectivity index (χ3v) is 6.83. The van der Waals surface area contributed by atoms with Gasteiger partial charge < -0.3 is 19.4 Å². The number of pyridine rings is 1. The molecule has 2 aromatic carbocycles. The fourth-order valence-corrected chi connectivity index (χ4v) is 4.48. The first-order valence-corrected chi connectivity index (χ1v) is 12.5. The molecule has 0 saturated carbocycles. The SMILES string of the molecule is COc1ccc(Cl)c(CNC(=O)c2cn(Cc3ccc(Cn4ccccc4=O)cc3)nc2C2COC2)c1F. The highest BCUT2D eigenvalue weighted by Crippen LogP contribution is 2.28. The molecule has 196 valence electrons. The van der Waals surface area contributed by atoms with Crippen LogP contribution in [0.4, 0.5) is 4.39 Å². The molecule has 0 radical (unpaired) electrons. The van der Waals surface area contributed by atoms with Crippen LogP contribution in [0.5, 0.6) is 5.75 Å². The van der Waals surface area contributed by atoms with Gasteiger partial charge in [0, 0.05) is 35.6 Å². The van der Waals surface area contributed by atoms with Crippen molar-refractivity contribution < 1.29 is 18.7 Å². The van der Waals surface area contributed by atoms with Gasteiger partial charge in [-0.3, -0.25) is 14.3 Å². The number of aromatic nitrogens is 3. The molecule has 1 amide bonds. The second kappa shape index (κ2) is 11.2. The van der Waals surface area contributed by atoms with Gasteiger partial charge in [-0.05, 0) is 29.3 Å². The molecule has 1 aliphatic heterocycles. The van der Waals surface area contributed by atoms with Crippen molar-refractivity contribution in [2.45, 2.75) is 25.6 Å². The van der Waals surface area contributed by atoms with E-state index in [4.69, 9.17) is 21.1 Å². The predicted octanol–water partition coefficient (Wildman–Crippen LogP) is 3.99. The molecule has 38 heavy (non-hydrogen) atoms. The minimum absolute atomic E-state index is 0.0145. The number of halogens is 2. The van der Waals surface area contributed by atoms with Crippen LogP contribution in [0.1, 0.15) is 38.7 Å². The summed E-state index contributed by atoms with van der Waals surface area (Å²) in [6, 6.07) is 15.9. The van der Waals surface area contributed by atoms with Crippen molar-refractivity contribution in [2.24, 2.45) is 0 Å². The molecule has 0 unspecified atom stereocenters. The number of ether oxygens (including phenoxy) is 2. The minimum atomic E-state index is -0.607. The number of rotatable bonds is 9. The van der Waals surface area contributed by atoms with Crippen LogP contribution in [0.2, 0.25) is 5.02 Å². The van der Waals surface area contributed by atoms with E-state index < -0.39 is 5.82 Å². The average molecular weight is 537 g/mol. The summed E-state index contributed by atoms with van der Waals surface area (Å²) < 4.78 is 28.4. The van der Waals surface area contributed by atoms with Gasteiger partial charge >= 0.3 is 0 Å². The van der Waals surface area contributed by atoms with Crippen molar-refractivity contribution in [1.82, 2.24) is 19.7 Å². The first kappa shape index (κ1) is 25.7. The Balaban J connectivity index is 1.30. The quantitative estimate of drug-likeness (QED) is 0.349. The van der Waals surface area contributed by atoms with Gasteiger partial charge in [0.2, 0.25) is 0 Å². The van der Waals surface area contributed by atoms with E-state index in [2.05, 4.69) is 10.4 Å². The van der Waals surface area contributed by atoms with E-state index in [-0.39, 0.29) is 40.3 Å². The highest BCUT2D eigenvalue weighted by atomic mass is 35.5. The Morgan fingerprint density at radius 3 is 2.53 bits per heavy atom. The van der Waals surface area contributed by atoms with Crippen LogP contribution in [0, 0.1) is 5.82 Å². The Bertz CT molecular complexity index is 1510. The predicted molar refractivity (Wildman–Crippen MR) is 140 cm³/mol. The lowest BCUT2D eigenvalue weighted by Crippen LogP contribution is -2.30. The van der Waals surface area contributed by atoms with Gasteiger partial charge in [0.25, 0.3) is 11.5 Å². The Labute approximate surface area is 223 Å². The zero-order valence-corrected chi connectivity index (χ0v) is 21.5.